The van der Waals surface area contributed by atoms with E-state index in [-0.39, 0.29) is 25.2 Å². The van der Waals surface area contributed by atoms with Gasteiger partial charge in [0.1, 0.15) is 6.61 Å². The van der Waals surface area contributed by atoms with E-state index in [0.717, 1.165) is 51.4 Å². The molecule has 0 aromatic heterocycles. The summed E-state index contributed by atoms with van der Waals surface area (Å²) in [7, 11) is 0. The standard InChI is InChI=1S/C61H110O5/c1-4-7-10-13-16-19-22-25-27-29-31-32-34-37-39-42-45-48-51-54-60(62)65-58-59(66-61(63)55-52-49-46-43-40-36-24-21-18-15-12-9-6-3)57-64-56-53-50-47-44-41-38-35-33-30-28-26-23-20-17-14-11-8-5-2/h9,12,18,21,25,27,36,40,46,49,59H,4-8,10-11,13-17,19-20,22-24,26,28-35,37-39,41-45,47-48,50-58H2,1-3H3/b12-9-,21-18-,27-25-,40-36-,49-46-. The number of rotatable bonds is 53. The minimum Gasteiger partial charge on any atom is -0.462 e. The van der Waals surface area contributed by atoms with Crippen molar-refractivity contribution in [3.8, 4) is 0 Å². The van der Waals surface area contributed by atoms with Crippen LogP contribution in [0.5, 0.6) is 0 Å². The number of allylic oxidation sites excluding steroid dienone is 10. The van der Waals surface area contributed by atoms with Gasteiger partial charge in [0.15, 0.2) is 6.10 Å². The van der Waals surface area contributed by atoms with Crippen LogP contribution in [-0.4, -0.2) is 37.9 Å². The second kappa shape index (κ2) is 56.9. The number of ether oxygens (including phenoxy) is 3. The monoisotopic (exact) mass is 923 g/mol. The predicted octanol–water partition coefficient (Wildman–Crippen LogP) is 19.7. The molecule has 1 atom stereocenters. The molecule has 0 bridgehead atoms. The Morgan fingerprint density at radius 1 is 0.348 bits per heavy atom. The summed E-state index contributed by atoms with van der Waals surface area (Å²) in [5.41, 5.74) is 0. The lowest BCUT2D eigenvalue weighted by molar-refractivity contribution is -0.162. The molecular formula is C61H110O5. The summed E-state index contributed by atoms with van der Waals surface area (Å²) in [6.07, 6.45) is 72.6. The van der Waals surface area contributed by atoms with Gasteiger partial charge in [0.05, 0.1) is 6.61 Å². The molecule has 1 unspecified atom stereocenters. The highest BCUT2D eigenvalue weighted by Gasteiger charge is 2.17. The van der Waals surface area contributed by atoms with Crippen LogP contribution in [0, 0.1) is 0 Å². The van der Waals surface area contributed by atoms with Crippen LogP contribution in [0.4, 0.5) is 0 Å². The summed E-state index contributed by atoms with van der Waals surface area (Å²) in [4.78, 5) is 25.4. The molecule has 5 nitrogen and oxygen atoms in total. The van der Waals surface area contributed by atoms with Crippen molar-refractivity contribution in [3.63, 3.8) is 0 Å². The smallest absolute Gasteiger partial charge is 0.306 e. The van der Waals surface area contributed by atoms with Crippen LogP contribution in [-0.2, 0) is 23.8 Å². The van der Waals surface area contributed by atoms with Crippen LogP contribution in [0.1, 0.15) is 290 Å². The summed E-state index contributed by atoms with van der Waals surface area (Å²) in [6.45, 7) is 7.68. The van der Waals surface area contributed by atoms with Gasteiger partial charge in [-0.1, -0.05) is 268 Å². The maximum absolute atomic E-state index is 12.8. The maximum Gasteiger partial charge on any atom is 0.306 e. The largest absolute Gasteiger partial charge is 0.462 e. The molecule has 0 aliphatic heterocycles. The van der Waals surface area contributed by atoms with Crippen LogP contribution < -0.4 is 0 Å². The lowest BCUT2D eigenvalue weighted by Crippen LogP contribution is -2.30. The molecule has 66 heavy (non-hydrogen) atoms. The fourth-order valence-corrected chi connectivity index (χ4v) is 8.29. The quantitative estimate of drug-likeness (QED) is 0.0346. The van der Waals surface area contributed by atoms with Crippen molar-refractivity contribution in [2.45, 2.75) is 297 Å². The van der Waals surface area contributed by atoms with E-state index in [1.165, 1.54) is 199 Å². The van der Waals surface area contributed by atoms with Gasteiger partial charge in [0.25, 0.3) is 0 Å². The Balaban J connectivity index is 4.26. The fourth-order valence-electron chi connectivity index (χ4n) is 8.29. The van der Waals surface area contributed by atoms with E-state index in [1.807, 2.05) is 6.08 Å². The summed E-state index contributed by atoms with van der Waals surface area (Å²) in [6, 6.07) is 0. The molecule has 0 aliphatic carbocycles. The van der Waals surface area contributed by atoms with E-state index in [0.29, 0.717) is 25.9 Å². The second-order valence-electron chi connectivity index (χ2n) is 19.2. The molecule has 0 radical (unpaired) electrons. The Hall–Kier alpha value is -2.40. The first-order chi connectivity index (χ1) is 32.6. The van der Waals surface area contributed by atoms with Crippen molar-refractivity contribution in [1.29, 1.82) is 0 Å². The third-order valence-electron chi connectivity index (χ3n) is 12.6. The first-order valence-corrected chi connectivity index (χ1v) is 28.8. The zero-order valence-corrected chi connectivity index (χ0v) is 44.2. The molecule has 384 valence electrons. The molecule has 0 aromatic carbocycles. The van der Waals surface area contributed by atoms with Gasteiger partial charge in [-0.2, -0.15) is 0 Å². The highest BCUT2D eigenvalue weighted by atomic mass is 16.6. The van der Waals surface area contributed by atoms with Gasteiger partial charge in [-0.15, -0.1) is 0 Å². The van der Waals surface area contributed by atoms with Gasteiger partial charge < -0.3 is 14.2 Å². The predicted molar refractivity (Wildman–Crippen MR) is 288 cm³/mol. The SMILES string of the molecule is CC/C=C\C/C=C\C/C=C\C/C=C\CCC(=O)OC(COCCCCCCCCCCCCCCCCCCCC)COC(=O)CCCCCCCCCCC/C=C\CCCCCCCC. The number of carbonyl (C=O) groups excluding carboxylic acids is 2. The first kappa shape index (κ1) is 63.6. The van der Waals surface area contributed by atoms with Gasteiger partial charge >= 0.3 is 11.9 Å². The zero-order valence-electron chi connectivity index (χ0n) is 44.2. The Labute approximate surface area is 411 Å². The van der Waals surface area contributed by atoms with Crippen LogP contribution in [0.2, 0.25) is 0 Å². The summed E-state index contributed by atoms with van der Waals surface area (Å²) >= 11 is 0. The summed E-state index contributed by atoms with van der Waals surface area (Å²) in [5.74, 6) is -0.480. The lowest BCUT2D eigenvalue weighted by Gasteiger charge is -2.18. The Morgan fingerprint density at radius 3 is 1.15 bits per heavy atom. The highest BCUT2D eigenvalue weighted by Crippen LogP contribution is 2.16. The second-order valence-corrected chi connectivity index (χ2v) is 19.2. The van der Waals surface area contributed by atoms with E-state index in [4.69, 9.17) is 14.2 Å². The van der Waals surface area contributed by atoms with Gasteiger partial charge in [-0.3, -0.25) is 9.59 Å². The molecule has 5 heteroatoms. The molecular weight excluding hydrogens is 813 g/mol. The average molecular weight is 924 g/mol. The van der Waals surface area contributed by atoms with Gasteiger partial charge in [-0.25, -0.2) is 0 Å². The van der Waals surface area contributed by atoms with Crippen molar-refractivity contribution in [2.24, 2.45) is 0 Å². The normalized spacial score (nSPS) is 12.6. The third-order valence-corrected chi connectivity index (χ3v) is 12.6. The van der Waals surface area contributed by atoms with Crippen molar-refractivity contribution >= 4 is 11.9 Å². The summed E-state index contributed by atoms with van der Waals surface area (Å²) < 4.78 is 17.4. The van der Waals surface area contributed by atoms with Gasteiger partial charge in [0.2, 0.25) is 0 Å². The van der Waals surface area contributed by atoms with Crippen LogP contribution >= 0.6 is 0 Å². The van der Waals surface area contributed by atoms with E-state index >= 15 is 0 Å². The number of carbonyl (C=O) groups is 2. The highest BCUT2D eigenvalue weighted by molar-refractivity contribution is 5.70. The Morgan fingerprint density at radius 2 is 0.712 bits per heavy atom. The van der Waals surface area contributed by atoms with E-state index in [1.54, 1.807) is 0 Å². The molecule has 0 saturated heterocycles. The molecule has 0 saturated carbocycles. The number of hydrogen-bond donors (Lipinski definition) is 0. The maximum atomic E-state index is 12.8. The minimum absolute atomic E-state index is 0.0581. The lowest BCUT2D eigenvalue weighted by atomic mass is 10.0. The number of esters is 2. The fraction of sp³-hybridized carbons (Fsp3) is 0.803. The van der Waals surface area contributed by atoms with Crippen molar-refractivity contribution in [1.82, 2.24) is 0 Å². The molecule has 0 rings (SSSR count). The molecule has 0 aliphatic rings. The van der Waals surface area contributed by atoms with E-state index in [9.17, 15) is 9.59 Å². The molecule has 0 aromatic rings. The Bertz CT molecular complexity index is 1130. The van der Waals surface area contributed by atoms with Crippen LogP contribution in [0.3, 0.4) is 0 Å². The van der Waals surface area contributed by atoms with Crippen molar-refractivity contribution in [2.75, 3.05) is 19.8 Å². The Kier molecular flexibility index (Phi) is 54.9. The molecule has 0 heterocycles. The van der Waals surface area contributed by atoms with E-state index < -0.39 is 6.10 Å². The minimum atomic E-state index is -0.574. The van der Waals surface area contributed by atoms with E-state index in [2.05, 4.69) is 75.5 Å². The number of hydrogen-bond acceptors (Lipinski definition) is 5. The topological polar surface area (TPSA) is 61.8 Å². The van der Waals surface area contributed by atoms with Crippen molar-refractivity contribution < 1.29 is 23.8 Å². The third kappa shape index (κ3) is 54.2. The van der Waals surface area contributed by atoms with Crippen LogP contribution in [0.25, 0.3) is 0 Å². The van der Waals surface area contributed by atoms with Crippen molar-refractivity contribution in [3.05, 3.63) is 60.8 Å². The van der Waals surface area contributed by atoms with Crippen LogP contribution in [0.15, 0.2) is 60.8 Å². The average Bonchev–Trinajstić information content (AvgIpc) is 3.32. The van der Waals surface area contributed by atoms with Gasteiger partial charge in [-0.05, 0) is 70.6 Å². The zero-order chi connectivity index (χ0) is 47.7. The molecule has 0 fully saturated rings. The molecule has 0 spiro atoms. The molecule has 0 amide bonds. The molecule has 0 N–H and O–H groups in total. The summed E-state index contributed by atoms with van der Waals surface area (Å²) in [5, 5.41) is 0. The first-order valence-electron chi connectivity index (χ1n) is 28.8. The number of unbranched alkanes of at least 4 members (excludes halogenated alkanes) is 32. The van der Waals surface area contributed by atoms with Gasteiger partial charge in [0, 0.05) is 19.4 Å².